The van der Waals surface area contributed by atoms with Gasteiger partial charge in [-0.15, -0.1) is 0 Å². The maximum absolute atomic E-state index is 13.3. The van der Waals surface area contributed by atoms with Crippen LogP contribution in [0.4, 0.5) is 0 Å². The number of carbonyl (C=O) groups excluding carboxylic acids is 2. The number of ether oxygens (including phenoxy) is 1. The predicted octanol–water partition coefficient (Wildman–Crippen LogP) is 2.69. The van der Waals surface area contributed by atoms with E-state index in [2.05, 4.69) is 32.9 Å². The molecule has 1 atom stereocenters. The van der Waals surface area contributed by atoms with Crippen molar-refractivity contribution >= 4 is 28.3 Å². The number of amides is 2. The number of fused-ring (bicyclic) bond motifs is 1. The maximum atomic E-state index is 13.3. The minimum absolute atomic E-state index is 0.193. The van der Waals surface area contributed by atoms with Gasteiger partial charge in [-0.05, 0) is 48.0 Å². The van der Waals surface area contributed by atoms with Crippen LogP contribution in [0, 0.1) is 0 Å². The number of carbonyl (C=O) groups is 2. The Hall–Kier alpha value is -4.92. The van der Waals surface area contributed by atoms with Crippen LogP contribution in [0.1, 0.15) is 27.7 Å². The van der Waals surface area contributed by atoms with E-state index in [4.69, 9.17) is 4.74 Å². The van der Waals surface area contributed by atoms with Crippen LogP contribution in [0.2, 0.25) is 0 Å². The SMILES string of the molecule is C=C(NNC(=O)[C@H](NC(=O)c1ccccc1)c1n[nH]c(=O)c2ccccc12)c1ccc(OC)cc1. The number of benzene rings is 3. The van der Waals surface area contributed by atoms with Gasteiger partial charge in [-0.1, -0.05) is 43.0 Å². The third-order valence-electron chi connectivity index (χ3n) is 5.35. The summed E-state index contributed by atoms with van der Waals surface area (Å²) in [6.07, 6.45) is 0. The van der Waals surface area contributed by atoms with Crippen molar-refractivity contribution in [3.63, 3.8) is 0 Å². The molecule has 0 spiro atoms. The molecule has 0 bridgehead atoms. The summed E-state index contributed by atoms with van der Waals surface area (Å²) in [7, 11) is 1.57. The van der Waals surface area contributed by atoms with E-state index in [-0.39, 0.29) is 5.69 Å². The number of hydrogen-bond acceptors (Lipinski definition) is 6. The summed E-state index contributed by atoms with van der Waals surface area (Å²) in [5, 5.41) is 10.0. The molecule has 0 aliphatic heterocycles. The average molecular weight is 470 g/mol. The van der Waals surface area contributed by atoms with Gasteiger partial charge < -0.3 is 10.1 Å². The van der Waals surface area contributed by atoms with Gasteiger partial charge in [0.25, 0.3) is 17.4 Å². The zero-order chi connectivity index (χ0) is 24.8. The van der Waals surface area contributed by atoms with Crippen LogP contribution in [0.25, 0.3) is 16.5 Å². The van der Waals surface area contributed by atoms with Crippen molar-refractivity contribution in [3.05, 3.63) is 113 Å². The molecule has 3 aromatic carbocycles. The number of methoxy groups -OCH3 is 1. The van der Waals surface area contributed by atoms with E-state index in [9.17, 15) is 14.4 Å². The summed E-state index contributed by atoms with van der Waals surface area (Å²) in [6, 6.07) is 21.1. The van der Waals surface area contributed by atoms with Crippen molar-refractivity contribution in [2.45, 2.75) is 6.04 Å². The number of H-pyrrole nitrogens is 1. The minimum Gasteiger partial charge on any atom is -0.497 e. The van der Waals surface area contributed by atoms with Crippen molar-refractivity contribution in [1.29, 1.82) is 0 Å². The van der Waals surface area contributed by atoms with E-state index >= 15 is 0 Å². The van der Waals surface area contributed by atoms with Gasteiger partial charge in [0, 0.05) is 10.9 Å². The second kappa shape index (κ2) is 10.3. The second-order valence-electron chi connectivity index (χ2n) is 7.58. The third kappa shape index (κ3) is 5.19. The highest BCUT2D eigenvalue weighted by molar-refractivity contribution is 5.99. The largest absolute Gasteiger partial charge is 0.497 e. The van der Waals surface area contributed by atoms with Gasteiger partial charge in [0.05, 0.1) is 18.2 Å². The molecule has 4 aromatic rings. The minimum atomic E-state index is -1.22. The molecule has 1 heterocycles. The zero-order valence-corrected chi connectivity index (χ0v) is 18.9. The van der Waals surface area contributed by atoms with Crippen molar-refractivity contribution in [2.24, 2.45) is 0 Å². The average Bonchev–Trinajstić information content (AvgIpc) is 2.91. The molecular weight excluding hydrogens is 446 g/mol. The molecule has 0 aliphatic carbocycles. The molecule has 9 heteroatoms. The summed E-state index contributed by atoms with van der Waals surface area (Å²) in [5.74, 6) is -0.393. The monoisotopic (exact) mass is 469 g/mol. The summed E-state index contributed by atoms with van der Waals surface area (Å²) in [5.41, 5.74) is 6.67. The third-order valence-corrected chi connectivity index (χ3v) is 5.35. The van der Waals surface area contributed by atoms with Gasteiger partial charge in [0.2, 0.25) is 0 Å². The lowest BCUT2D eigenvalue weighted by Crippen LogP contribution is -2.45. The van der Waals surface area contributed by atoms with Gasteiger partial charge in [-0.3, -0.25) is 25.2 Å². The van der Waals surface area contributed by atoms with E-state index in [0.717, 1.165) is 5.56 Å². The van der Waals surface area contributed by atoms with Gasteiger partial charge in [0.15, 0.2) is 6.04 Å². The number of hydrazine groups is 1. The highest BCUT2D eigenvalue weighted by Crippen LogP contribution is 2.21. The van der Waals surface area contributed by atoms with E-state index < -0.39 is 23.4 Å². The van der Waals surface area contributed by atoms with E-state index in [0.29, 0.717) is 27.8 Å². The van der Waals surface area contributed by atoms with Crippen LogP contribution in [-0.2, 0) is 4.79 Å². The molecule has 9 nitrogen and oxygen atoms in total. The summed E-state index contributed by atoms with van der Waals surface area (Å²) < 4.78 is 5.15. The molecule has 0 saturated carbocycles. The lowest BCUT2D eigenvalue weighted by molar-refractivity contribution is -0.123. The number of aromatic amines is 1. The topological polar surface area (TPSA) is 125 Å². The Morgan fingerprint density at radius 3 is 2.23 bits per heavy atom. The van der Waals surface area contributed by atoms with Crippen LogP contribution in [0.15, 0.2) is 90.2 Å². The summed E-state index contributed by atoms with van der Waals surface area (Å²) in [4.78, 5) is 38.5. The fourth-order valence-corrected chi connectivity index (χ4v) is 3.49. The normalized spacial score (nSPS) is 11.3. The first-order valence-electron chi connectivity index (χ1n) is 10.7. The molecule has 4 N–H and O–H groups in total. The smallest absolute Gasteiger partial charge is 0.272 e. The molecule has 1 aromatic heterocycles. The Kier molecular flexibility index (Phi) is 6.87. The molecule has 2 amide bonds. The van der Waals surface area contributed by atoms with Crippen molar-refractivity contribution in [2.75, 3.05) is 7.11 Å². The second-order valence-corrected chi connectivity index (χ2v) is 7.58. The van der Waals surface area contributed by atoms with Crippen LogP contribution < -0.4 is 26.5 Å². The predicted molar refractivity (Wildman–Crippen MR) is 132 cm³/mol. The fourth-order valence-electron chi connectivity index (χ4n) is 3.49. The van der Waals surface area contributed by atoms with Gasteiger partial charge in [0.1, 0.15) is 11.4 Å². The molecule has 0 radical (unpaired) electrons. The lowest BCUT2D eigenvalue weighted by Gasteiger charge is -2.20. The first kappa shape index (κ1) is 23.2. The molecule has 0 fully saturated rings. The van der Waals surface area contributed by atoms with E-state index in [1.165, 1.54) is 0 Å². The quantitative estimate of drug-likeness (QED) is 0.294. The Morgan fingerprint density at radius 2 is 1.54 bits per heavy atom. The molecule has 4 rings (SSSR count). The number of hydrogen-bond donors (Lipinski definition) is 4. The van der Waals surface area contributed by atoms with Gasteiger partial charge in [-0.25, -0.2) is 5.10 Å². The van der Waals surface area contributed by atoms with Crippen molar-refractivity contribution in [3.8, 4) is 5.75 Å². The van der Waals surface area contributed by atoms with Crippen molar-refractivity contribution in [1.82, 2.24) is 26.4 Å². The van der Waals surface area contributed by atoms with Crippen molar-refractivity contribution < 1.29 is 14.3 Å². The highest BCUT2D eigenvalue weighted by atomic mass is 16.5. The van der Waals surface area contributed by atoms with Crippen LogP contribution in [0.3, 0.4) is 0 Å². The first-order valence-corrected chi connectivity index (χ1v) is 10.7. The molecule has 0 saturated heterocycles. The zero-order valence-electron chi connectivity index (χ0n) is 18.9. The number of nitrogens with one attached hydrogen (secondary N) is 4. The fraction of sp³-hybridized carbons (Fsp3) is 0.0769. The Labute approximate surface area is 200 Å². The Balaban J connectivity index is 1.62. The molecule has 0 unspecified atom stereocenters. The van der Waals surface area contributed by atoms with Crippen LogP contribution in [-0.4, -0.2) is 29.1 Å². The summed E-state index contributed by atoms with van der Waals surface area (Å²) >= 11 is 0. The lowest BCUT2D eigenvalue weighted by atomic mass is 10.0. The standard InChI is InChI=1S/C26H23N5O4/c1-16(17-12-14-19(35-2)15-13-17)28-31-26(34)23(27-24(32)18-8-4-3-5-9-18)22-20-10-6-7-11-21(20)25(33)30-29-22/h3-15,23,28H,1H2,2H3,(H,27,32)(H,30,33)(H,31,34)/t23-/m1/s1. The van der Waals surface area contributed by atoms with Gasteiger partial charge >= 0.3 is 0 Å². The molecule has 176 valence electrons. The van der Waals surface area contributed by atoms with Gasteiger partial charge in [-0.2, -0.15) is 5.10 Å². The first-order chi connectivity index (χ1) is 17.0. The van der Waals surface area contributed by atoms with E-state index in [1.54, 1.807) is 86.0 Å². The Bertz CT molecular complexity index is 1430. The van der Waals surface area contributed by atoms with Crippen LogP contribution >= 0.6 is 0 Å². The number of aromatic nitrogens is 2. The maximum Gasteiger partial charge on any atom is 0.272 e. The summed E-state index contributed by atoms with van der Waals surface area (Å²) in [6.45, 7) is 3.94. The van der Waals surface area contributed by atoms with Crippen LogP contribution in [0.5, 0.6) is 5.75 Å². The number of nitrogens with zero attached hydrogens (tertiary/aromatic N) is 1. The number of rotatable bonds is 8. The molecule has 0 aliphatic rings. The highest BCUT2D eigenvalue weighted by Gasteiger charge is 2.27. The van der Waals surface area contributed by atoms with E-state index in [1.807, 2.05) is 0 Å². The Morgan fingerprint density at radius 1 is 0.886 bits per heavy atom. The molecular formula is C26H23N5O4. The molecule has 35 heavy (non-hydrogen) atoms.